The molecule has 0 aromatic heterocycles. The Morgan fingerprint density at radius 2 is 1.11 bits per heavy atom. The van der Waals surface area contributed by atoms with Crippen molar-refractivity contribution in [2.75, 3.05) is 33.5 Å². The Balaban J connectivity index is 5.07. The SMILES string of the molecule is C=C(CCC(=O)OCC(COC(C)=O)(COC(C)=O)COC(C)=O)C(=O)OC. The van der Waals surface area contributed by atoms with Crippen molar-refractivity contribution in [2.45, 2.75) is 33.6 Å². The third-order valence-electron chi connectivity index (χ3n) is 3.39. The van der Waals surface area contributed by atoms with Crippen molar-refractivity contribution in [1.29, 1.82) is 0 Å². The van der Waals surface area contributed by atoms with Crippen molar-refractivity contribution < 1.29 is 47.7 Å². The molecule has 0 unspecified atom stereocenters. The Morgan fingerprint density at radius 1 is 0.714 bits per heavy atom. The third-order valence-corrected chi connectivity index (χ3v) is 3.39. The molecule has 0 saturated heterocycles. The van der Waals surface area contributed by atoms with E-state index in [9.17, 15) is 24.0 Å². The standard InChI is InChI=1S/C18H26O10/c1-12(17(23)24-5)6-7-16(22)28-11-18(8-25-13(2)19,9-26-14(3)20)10-27-15(4)21/h1,6-11H2,2-5H3. The van der Waals surface area contributed by atoms with Gasteiger partial charge < -0.3 is 23.7 Å². The van der Waals surface area contributed by atoms with E-state index in [1.807, 2.05) is 0 Å². The van der Waals surface area contributed by atoms with Crippen LogP contribution >= 0.6 is 0 Å². The first-order valence-electron chi connectivity index (χ1n) is 8.33. The summed E-state index contributed by atoms with van der Waals surface area (Å²) in [6.07, 6.45) is -0.130. The lowest BCUT2D eigenvalue weighted by atomic mass is 9.92. The third kappa shape index (κ3) is 10.9. The van der Waals surface area contributed by atoms with E-state index in [1.165, 1.54) is 27.9 Å². The first-order chi connectivity index (χ1) is 13.0. The van der Waals surface area contributed by atoms with E-state index in [-0.39, 0.29) is 44.8 Å². The number of carbonyl (C=O) groups is 5. The average Bonchev–Trinajstić information content (AvgIpc) is 2.63. The molecule has 0 saturated carbocycles. The van der Waals surface area contributed by atoms with Crippen LogP contribution in [0, 0.1) is 5.41 Å². The van der Waals surface area contributed by atoms with Crippen LogP contribution in [0.1, 0.15) is 33.6 Å². The highest BCUT2D eigenvalue weighted by atomic mass is 16.6. The molecule has 28 heavy (non-hydrogen) atoms. The van der Waals surface area contributed by atoms with Crippen molar-refractivity contribution in [3.05, 3.63) is 12.2 Å². The molecule has 0 aliphatic heterocycles. The Hall–Kier alpha value is -2.91. The van der Waals surface area contributed by atoms with Crippen molar-refractivity contribution in [1.82, 2.24) is 0 Å². The van der Waals surface area contributed by atoms with Crippen LogP contribution in [-0.4, -0.2) is 63.4 Å². The number of ether oxygens (including phenoxy) is 5. The van der Waals surface area contributed by atoms with Gasteiger partial charge in [0.05, 0.1) is 7.11 Å². The summed E-state index contributed by atoms with van der Waals surface area (Å²) in [4.78, 5) is 56.8. The van der Waals surface area contributed by atoms with Gasteiger partial charge in [0.15, 0.2) is 0 Å². The van der Waals surface area contributed by atoms with Gasteiger partial charge in [0, 0.05) is 32.8 Å². The topological polar surface area (TPSA) is 132 Å². The molecule has 0 aromatic rings. The Kier molecular flexibility index (Phi) is 11.2. The maximum Gasteiger partial charge on any atom is 0.333 e. The second-order valence-electron chi connectivity index (χ2n) is 6.10. The molecule has 0 radical (unpaired) electrons. The smallest absolute Gasteiger partial charge is 0.333 e. The normalized spacial score (nSPS) is 10.4. The molecule has 0 rings (SSSR count). The van der Waals surface area contributed by atoms with E-state index < -0.39 is 35.3 Å². The van der Waals surface area contributed by atoms with Gasteiger partial charge in [0.1, 0.15) is 31.8 Å². The maximum absolute atomic E-state index is 12.0. The number of hydrogen-bond acceptors (Lipinski definition) is 10. The Labute approximate surface area is 163 Å². The molecule has 0 aromatic carbocycles. The zero-order chi connectivity index (χ0) is 21.7. The summed E-state index contributed by atoms with van der Waals surface area (Å²) in [6.45, 7) is 5.72. The average molecular weight is 402 g/mol. The molecule has 0 fully saturated rings. The van der Waals surface area contributed by atoms with Crippen LogP contribution in [0.4, 0.5) is 0 Å². The van der Waals surface area contributed by atoms with E-state index in [4.69, 9.17) is 18.9 Å². The predicted molar refractivity (Wildman–Crippen MR) is 93.7 cm³/mol. The van der Waals surface area contributed by atoms with Gasteiger partial charge in [-0.05, 0) is 6.42 Å². The minimum Gasteiger partial charge on any atom is -0.466 e. The van der Waals surface area contributed by atoms with Gasteiger partial charge in [0.2, 0.25) is 0 Å². The summed E-state index contributed by atoms with van der Waals surface area (Å²) in [6, 6.07) is 0. The van der Waals surface area contributed by atoms with Gasteiger partial charge in [-0.3, -0.25) is 19.2 Å². The molecule has 0 aliphatic carbocycles. The zero-order valence-electron chi connectivity index (χ0n) is 16.5. The van der Waals surface area contributed by atoms with E-state index in [0.717, 1.165) is 0 Å². The van der Waals surface area contributed by atoms with E-state index >= 15 is 0 Å². The molecular formula is C18H26O10. The summed E-state index contributed by atoms with van der Waals surface area (Å²) in [5.74, 6) is -3.16. The minimum atomic E-state index is -1.28. The van der Waals surface area contributed by atoms with Crippen molar-refractivity contribution in [3.8, 4) is 0 Å². The monoisotopic (exact) mass is 402 g/mol. The number of methoxy groups -OCH3 is 1. The summed E-state index contributed by atoms with van der Waals surface area (Å²) in [7, 11) is 1.19. The molecule has 10 heteroatoms. The summed E-state index contributed by atoms with van der Waals surface area (Å²) in [5, 5.41) is 0. The van der Waals surface area contributed by atoms with Crippen LogP contribution in [0.15, 0.2) is 12.2 Å². The molecular weight excluding hydrogens is 376 g/mol. The highest BCUT2D eigenvalue weighted by Gasteiger charge is 2.37. The minimum absolute atomic E-state index is 0.0242. The second kappa shape index (κ2) is 12.5. The van der Waals surface area contributed by atoms with Gasteiger partial charge >= 0.3 is 29.8 Å². The van der Waals surface area contributed by atoms with Crippen LogP contribution in [0.3, 0.4) is 0 Å². The zero-order valence-corrected chi connectivity index (χ0v) is 16.5. The van der Waals surface area contributed by atoms with Gasteiger partial charge in [-0.25, -0.2) is 4.79 Å². The number of rotatable bonds is 12. The largest absolute Gasteiger partial charge is 0.466 e. The number of hydrogen-bond donors (Lipinski definition) is 0. The number of carbonyl (C=O) groups excluding carboxylic acids is 5. The molecule has 0 heterocycles. The molecule has 10 nitrogen and oxygen atoms in total. The van der Waals surface area contributed by atoms with Crippen molar-refractivity contribution >= 4 is 29.8 Å². The van der Waals surface area contributed by atoms with Gasteiger partial charge in [-0.1, -0.05) is 6.58 Å². The van der Waals surface area contributed by atoms with Crippen molar-refractivity contribution in [3.63, 3.8) is 0 Å². The maximum atomic E-state index is 12.0. The number of esters is 5. The fourth-order valence-corrected chi connectivity index (χ4v) is 1.82. The second-order valence-corrected chi connectivity index (χ2v) is 6.10. The lowest BCUT2D eigenvalue weighted by Crippen LogP contribution is -2.43. The summed E-state index contributed by atoms with van der Waals surface area (Å²) < 4.78 is 24.5. The lowest BCUT2D eigenvalue weighted by molar-refractivity contribution is -0.168. The molecule has 0 atom stereocenters. The van der Waals surface area contributed by atoms with Crippen LogP contribution in [-0.2, 0) is 47.7 Å². The van der Waals surface area contributed by atoms with E-state index in [0.29, 0.717) is 0 Å². The lowest BCUT2D eigenvalue weighted by Gasteiger charge is -2.31. The van der Waals surface area contributed by atoms with Gasteiger partial charge in [0.25, 0.3) is 0 Å². The summed E-state index contributed by atoms with van der Waals surface area (Å²) >= 11 is 0. The first kappa shape index (κ1) is 25.1. The quantitative estimate of drug-likeness (QED) is 0.261. The van der Waals surface area contributed by atoms with E-state index in [2.05, 4.69) is 11.3 Å². The molecule has 158 valence electrons. The van der Waals surface area contributed by atoms with Gasteiger partial charge in [-0.15, -0.1) is 0 Å². The van der Waals surface area contributed by atoms with Crippen LogP contribution in [0.2, 0.25) is 0 Å². The molecule has 0 N–H and O–H groups in total. The highest BCUT2D eigenvalue weighted by Crippen LogP contribution is 2.22. The fourth-order valence-electron chi connectivity index (χ4n) is 1.82. The Bertz CT molecular complexity index is 562. The fraction of sp³-hybridized carbons (Fsp3) is 0.611. The molecule has 0 bridgehead atoms. The van der Waals surface area contributed by atoms with E-state index in [1.54, 1.807) is 0 Å². The van der Waals surface area contributed by atoms with Crippen LogP contribution < -0.4 is 0 Å². The predicted octanol–water partition coefficient (Wildman–Crippen LogP) is 0.715. The van der Waals surface area contributed by atoms with Gasteiger partial charge in [-0.2, -0.15) is 0 Å². The van der Waals surface area contributed by atoms with Crippen molar-refractivity contribution in [2.24, 2.45) is 5.41 Å². The highest BCUT2D eigenvalue weighted by molar-refractivity contribution is 5.88. The van der Waals surface area contributed by atoms with Crippen LogP contribution in [0.5, 0.6) is 0 Å². The van der Waals surface area contributed by atoms with Crippen LogP contribution in [0.25, 0.3) is 0 Å². The summed E-state index contributed by atoms with van der Waals surface area (Å²) in [5.41, 5.74) is -1.18. The molecule has 0 spiro atoms. The first-order valence-corrected chi connectivity index (χ1v) is 8.33. The molecule has 0 amide bonds. The molecule has 0 aliphatic rings. The Morgan fingerprint density at radius 3 is 1.46 bits per heavy atom.